The molecule has 1 aliphatic rings. The molecule has 1 fully saturated rings. The zero-order chi connectivity index (χ0) is 9.68. The summed E-state index contributed by atoms with van der Waals surface area (Å²) in [4.78, 5) is 0. The van der Waals surface area contributed by atoms with Crippen LogP contribution in [0.15, 0.2) is 0 Å². The van der Waals surface area contributed by atoms with Crippen LogP contribution in [0.25, 0.3) is 0 Å². The Kier molecular flexibility index (Phi) is 4.74. The average Bonchev–Trinajstić information content (AvgIpc) is 1.99. The van der Waals surface area contributed by atoms with Gasteiger partial charge in [-0.25, -0.2) is 0 Å². The van der Waals surface area contributed by atoms with Gasteiger partial charge in [0.2, 0.25) is 0 Å². The second-order valence-corrected chi connectivity index (χ2v) is 4.69. The lowest BCUT2D eigenvalue weighted by Crippen LogP contribution is -2.41. The summed E-state index contributed by atoms with van der Waals surface area (Å²) in [5.41, 5.74) is 0. The van der Waals surface area contributed by atoms with E-state index in [1.165, 1.54) is 25.8 Å². The van der Waals surface area contributed by atoms with Crippen LogP contribution in [0, 0.1) is 5.92 Å². The lowest BCUT2D eigenvalue weighted by atomic mass is 9.82. The maximum Gasteiger partial charge on any atom is 0.00721 e. The number of hydrogen-bond acceptors (Lipinski definition) is 2. The highest BCUT2D eigenvalue weighted by molar-refractivity contribution is 4.81. The Morgan fingerprint density at radius 3 is 2.46 bits per heavy atom. The molecule has 0 radical (unpaired) electrons. The minimum Gasteiger partial charge on any atom is -0.314 e. The Hall–Kier alpha value is -0.0800. The molecule has 0 amide bonds. The van der Waals surface area contributed by atoms with Gasteiger partial charge in [0.25, 0.3) is 0 Å². The third-order valence-electron chi connectivity index (χ3n) is 2.71. The van der Waals surface area contributed by atoms with Gasteiger partial charge in [-0.1, -0.05) is 20.8 Å². The molecule has 2 heteroatoms. The van der Waals surface area contributed by atoms with E-state index in [0.717, 1.165) is 18.5 Å². The van der Waals surface area contributed by atoms with Crippen LogP contribution in [0.2, 0.25) is 0 Å². The number of hydrogen-bond donors (Lipinski definition) is 2. The number of rotatable bonds is 6. The minimum absolute atomic E-state index is 0.628. The third-order valence-corrected chi connectivity index (χ3v) is 2.71. The van der Waals surface area contributed by atoms with Crippen molar-refractivity contribution in [3.63, 3.8) is 0 Å². The topological polar surface area (TPSA) is 24.1 Å². The molecular formula is C11H24N2. The quantitative estimate of drug-likeness (QED) is 0.615. The lowest BCUT2D eigenvalue weighted by molar-refractivity contribution is 0.241. The molecule has 0 aliphatic heterocycles. The smallest absolute Gasteiger partial charge is 0.00721 e. The molecule has 0 heterocycles. The maximum atomic E-state index is 3.58. The van der Waals surface area contributed by atoms with E-state index < -0.39 is 0 Å². The molecule has 0 spiro atoms. The molecule has 1 aliphatic carbocycles. The first-order valence-corrected chi connectivity index (χ1v) is 5.65. The van der Waals surface area contributed by atoms with Gasteiger partial charge < -0.3 is 10.6 Å². The Bertz CT molecular complexity index is 128. The standard InChI is InChI=1S/C11H24N2/c1-9(2)12-5-4-6-13-11-7-10(3)8-11/h9-13H,4-8H2,1-3H3. The van der Waals surface area contributed by atoms with Gasteiger partial charge in [-0.05, 0) is 38.3 Å². The van der Waals surface area contributed by atoms with E-state index in [9.17, 15) is 0 Å². The van der Waals surface area contributed by atoms with Gasteiger partial charge in [0, 0.05) is 12.1 Å². The van der Waals surface area contributed by atoms with Gasteiger partial charge in [-0.15, -0.1) is 0 Å². The van der Waals surface area contributed by atoms with E-state index in [2.05, 4.69) is 31.4 Å². The first-order chi connectivity index (χ1) is 6.18. The van der Waals surface area contributed by atoms with E-state index in [1.54, 1.807) is 0 Å². The van der Waals surface area contributed by atoms with Crippen LogP contribution in [-0.2, 0) is 0 Å². The minimum atomic E-state index is 0.628. The Balaban J connectivity index is 1.79. The van der Waals surface area contributed by atoms with Crippen molar-refractivity contribution in [2.45, 2.75) is 52.1 Å². The van der Waals surface area contributed by atoms with Gasteiger partial charge in [0.15, 0.2) is 0 Å². The second-order valence-electron chi connectivity index (χ2n) is 4.69. The van der Waals surface area contributed by atoms with Crippen LogP contribution >= 0.6 is 0 Å². The zero-order valence-corrected chi connectivity index (χ0v) is 9.27. The summed E-state index contributed by atoms with van der Waals surface area (Å²) in [6.45, 7) is 9.05. The maximum absolute atomic E-state index is 3.58. The highest BCUT2D eigenvalue weighted by Crippen LogP contribution is 2.25. The molecule has 1 rings (SSSR count). The summed E-state index contributed by atoms with van der Waals surface area (Å²) >= 11 is 0. The molecule has 0 bridgehead atoms. The summed E-state index contributed by atoms with van der Waals surface area (Å²) in [5.74, 6) is 0.964. The average molecular weight is 184 g/mol. The Morgan fingerprint density at radius 1 is 1.23 bits per heavy atom. The van der Waals surface area contributed by atoms with Crippen molar-refractivity contribution < 1.29 is 0 Å². The fourth-order valence-electron chi connectivity index (χ4n) is 1.85. The van der Waals surface area contributed by atoms with Crippen molar-refractivity contribution in [1.29, 1.82) is 0 Å². The molecule has 0 aromatic heterocycles. The second kappa shape index (κ2) is 5.61. The molecule has 2 nitrogen and oxygen atoms in total. The van der Waals surface area contributed by atoms with Crippen LogP contribution in [0.5, 0.6) is 0 Å². The van der Waals surface area contributed by atoms with Crippen LogP contribution in [-0.4, -0.2) is 25.2 Å². The molecule has 13 heavy (non-hydrogen) atoms. The Morgan fingerprint density at radius 2 is 1.92 bits per heavy atom. The van der Waals surface area contributed by atoms with Crippen molar-refractivity contribution in [2.75, 3.05) is 13.1 Å². The molecule has 78 valence electrons. The zero-order valence-electron chi connectivity index (χ0n) is 9.27. The fraction of sp³-hybridized carbons (Fsp3) is 1.00. The molecule has 0 aromatic carbocycles. The molecular weight excluding hydrogens is 160 g/mol. The first-order valence-electron chi connectivity index (χ1n) is 5.65. The summed E-state index contributed by atoms with van der Waals surface area (Å²) in [7, 11) is 0. The SMILES string of the molecule is CC1CC(NCCCNC(C)C)C1. The van der Waals surface area contributed by atoms with Gasteiger partial charge in [0.05, 0.1) is 0 Å². The van der Waals surface area contributed by atoms with E-state index >= 15 is 0 Å². The Labute approximate surface area is 82.5 Å². The van der Waals surface area contributed by atoms with Gasteiger partial charge in [0.1, 0.15) is 0 Å². The van der Waals surface area contributed by atoms with E-state index in [-0.39, 0.29) is 0 Å². The highest BCUT2D eigenvalue weighted by atomic mass is 14.9. The first kappa shape index (κ1) is 11.0. The largest absolute Gasteiger partial charge is 0.314 e. The van der Waals surface area contributed by atoms with Gasteiger partial charge in [-0.3, -0.25) is 0 Å². The molecule has 0 saturated heterocycles. The molecule has 0 unspecified atom stereocenters. The van der Waals surface area contributed by atoms with Crippen LogP contribution in [0.4, 0.5) is 0 Å². The van der Waals surface area contributed by atoms with E-state index in [1.807, 2.05) is 0 Å². The highest BCUT2D eigenvalue weighted by Gasteiger charge is 2.23. The fourth-order valence-corrected chi connectivity index (χ4v) is 1.85. The summed E-state index contributed by atoms with van der Waals surface area (Å²) in [6.07, 6.45) is 4.03. The van der Waals surface area contributed by atoms with Crippen LogP contribution < -0.4 is 10.6 Å². The third kappa shape index (κ3) is 4.63. The van der Waals surface area contributed by atoms with Crippen molar-refractivity contribution in [3.05, 3.63) is 0 Å². The van der Waals surface area contributed by atoms with Crippen molar-refractivity contribution in [1.82, 2.24) is 10.6 Å². The predicted octanol–water partition coefficient (Wildman–Crippen LogP) is 1.76. The summed E-state index contributed by atoms with van der Waals surface area (Å²) < 4.78 is 0. The van der Waals surface area contributed by atoms with E-state index in [0.29, 0.717) is 6.04 Å². The van der Waals surface area contributed by atoms with Gasteiger partial charge >= 0.3 is 0 Å². The monoisotopic (exact) mass is 184 g/mol. The molecule has 2 N–H and O–H groups in total. The van der Waals surface area contributed by atoms with Crippen molar-refractivity contribution in [3.8, 4) is 0 Å². The summed E-state index contributed by atoms with van der Waals surface area (Å²) in [6, 6.07) is 1.46. The number of nitrogens with one attached hydrogen (secondary N) is 2. The van der Waals surface area contributed by atoms with Crippen LogP contribution in [0.1, 0.15) is 40.0 Å². The normalized spacial score (nSPS) is 27.7. The molecule has 1 saturated carbocycles. The lowest BCUT2D eigenvalue weighted by Gasteiger charge is -2.33. The molecule has 0 atom stereocenters. The van der Waals surface area contributed by atoms with Crippen LogP contribution in [0.3, 0.4) is 0 Å². The molecule has 0 aromatic rings. The predicted molar refractivity (Wildman–Crippen MR) is 57.9 cm³/mol. The van der Waals surface area contributed by atoms with Crippen molar-refractivity contribution >= 4 is 0 Å². The van der Waals surface area contributed by atoms with Gasteiger partial charge in [-0.2, -0.15) is 0 Å². The van der Waals surface area contributed by atoms with Crippen molar-refractivity contribution in [2.24, 2.45) is 5.92 Å². The summed E-state index contributed by atoms with van der Waals surface area (Å²) in [5, 5.41) is 7.01. The van der Waals surface area contributed by atoms with E-state index in [4.69, 9.17) is 0 Å².